The van der Waals surface area contributed by atoms with Gasteiger partial charge in [-0.2, -0.15) is 4.31 Å². The van der Waals surface area contributed by atoms with Gasteiger partial charge < -0.3 is 25.2 Å². The number of aliphatic hydroxyl groups is 1. The first-order valence-corrected chi connectivity index (χ1v) is 14.6. The van der Waals surface area contributed by atoms with Crippen LogP contribution < -0.4 is 15.4 Å². The van der Waals surface area contributed by atoms with E-state index in [0.717, 1.165) is 31.5 Å². The number of sulfonamides is 1. The number of nitrogens with one attached hydrogen (secondary N) is 2. The van der Waals surface area contributed by atoms with Crippen molar-refractivity contribution in [2.24, 2.45) is 11.8 Å². The number of hydrogen-bond donors (Lipinski definition) is 3. The average Bonchev–Trinajstić information content (AvgIpc) is 2.92. The largest absolute Gasteiger partial charge is 0.497 e. The molecule has 0 bridgehead atoms. The van der Waals surface area contributed by atoms with E-state index in [0.29, 0.717) is 12.2 Å². The molecule has 3 N–H and O–H groups in total. The summed E-state index contributed by atoms with van der Waals surface area (Å²) in [6.07, 6.45) is 0.554. The molecule has 3 rings (SSSR count). The summed E-state index contributed by atoms with van der Waals surface area (Å²) in [4.78, 5) is 12.8. The number of aliphatic hydroxyl groups excluding tert-OH is 1. The Bertz CT molecular complexity index is 1090. The number of rotatable bonds is 13. The summed E-state index contributed by atoms with van der Waals surface area (Å²) in [6.45, 7) is 5.93. The van der Waals surface area contributed by atoms with E-state index >= 15 is 0 Å². The molecule has 1 amide bonds. The molecule has 2 aromatic rings. The lowest BCUT2D eigenvalue weighted by atomic mass is 10.0. The van der Waals surface area contributed by atoms with Gasteiger partial charge in [0, 0.05) is 25.6 Å². The quantitative estimate of drug-likeness (QED) is 0.353. The van der Waals surface area contributed by atoms with Crippen molar-refractivity contribution >= 4 is 16.1 Å². The van der Waals surface area contributed by atoms with Crippen LogP contribution in [0.15, 0.2) is 59.5 Å². The van der Waals surface area contributed by atoms with Gasteiger partial charge in [0.05, 0.1) is 30.8 Å². The zero-order valence-electron chi connectivity index (χ0n) is 22.5. The van der Waals surface area contributed by atoms with E-state index in [1.165, 1.54) is 23.5 Å². The number of carbonyl (C=O) groups is 1. The Morgan fingerprint density at radius 3 is 2.45 bits per heavy atom. The van der Waals surface area contributed by atoms with Crippen LogP contribution in [-0.2, 0) is 21.2 Å². The number of benzene rings is 2. The molecule has 2 aromatic carbocycles. The predicted octanol–water partition coefficient (Wildman–Crippen LogP) is 3.04. The smallest absolute Gasteiger partial charge is 0.407 e. The number of methoxy groups -OCH3 is 1. The molecule has 1 saturated heterocycles. The first-order valence-electron chi connectivity index (χ1n) is 13.2. The van der Waals surface area contributed by atoms with E-state index in [2.05, 4.69) is 10.6 Å². The highest BCUT2D eigenvalue weighted by molar-refractivity contribution is 7.89. The van der Waals surface area contributed by atoms with E-state index in [9.17, 15) is 18.3 Å². The minimum absolute atomic E-state index is 0.0184. The molecule has 9 nitrogen and oxygen atoms in total. The SMILES string of the molecule is COc1ccc(S(=O)(=O)N(CC(C)C)C[C@@H](O)[C@H](Cc2ccccc2)NC(=O)OC[C@H]2CCCNC2)cc1. The molecular weight excluding hydrogens is 506 g/mol. The van der Waals surface area contributed by atoms with Gasteiger partial charge >= 0.3 is 6.09 Å². The number of piperidine rings is 1. The van der Waals surface area contributed by atoms with Crippen LogP contribution in [0, 0.1) is 11.8 Å². The van der Waals surface area contributed by atoms with Crippen molar-refractivity contribution in [1.29, 1.82) is 0 Å². The molecule has 1 fully saturated rings. The second-order valence-corrected chi connectivity index (χ2v) is 12.1. The second kappa shape index (κ2) is 14.5. The average molecular weight is 548 g/mol. The Kier molecular flexibility index (Phi) is 11.4. The van der Waals surface area contributed by atoms with Crippen LogP contribution in [0.5, 0.6) is 5.75 Å². The number of hydrogen-bond acceptors (Lipinski definition) is 7. The number of carbonyl (C=O) groups excluding carboxylic acids is 1. The van der Waals surface area contributed by atoms with E-state index in [-0.39, 0.29) is 36.4 Å². The second-order valence-electron chi connectivity index (χ2n) is 10.2. The highest BCUT2D eigenvalue weighted by atomic mass is 32.2. The summed E-state index contributed by atoms with van der Waals surface area (Å²) in [6, 6.07) is 14.9. The maximum Gasteiger partial charge on any atom is 0.407 e. The summed E-state index contributed by atoms with van der Waals surface area (Å²) < 4.78 is 39.0. The van der Waals surface area contributed by atoms with E-state index in [4.69, 9.17) is 9.47 Å². The molecule has 38 heavy (non-hydrogen) atoms. The lowest BCUT2D eigenvalue weighted by Gasteiger charge is -2.31. The van der Waals surface area contributed by atoms with E-state index in [1.54, 1.807) is 12.1 Å². The maximum absolute atomic E-state index is 13.5. The Labute approximate surface area is 226 Å². The van der Waals surface area contributed by atoms with Crippen LogP contribution >= 0.6 is 0 Å². The monoisotopic (exact) mass is 547 g/mol. The predicted molar refractivity (Wildman–Crippen MR) is 147 cm³/mol. The van der Waals surface area contributed by atoms with Crippen molar-refractivity contribution in [3.63, 3.8) is 0 Å². The van der Waals surface area contributed by atoms with Crippen LogP contribution in [0.25, 0.3) is 0 Å². The van der Waals surface area contributed by atoms with Crippen molar-refractivity contribution in [2.75, 3.05) is 39.9 Å². The first-order chi connectivity index (χ1) is 18.2. The van der Waals surface area contributed by atoms with Gasteiger partial charge in [-0.25, -0.2) is 13.2 Å². The van der Waals surface area contributed by atoms with Gasteiger partial charge in [-0.3, -0.25) is 0 Å². The molecule has 0 aromatic heterocycles. The summed E-state index contributed by atoms with van der Waals surface area (Å²) in [5.41, 5.74) is 0.904. The molecule has 0 radical (unpaired) electrons. The van der Waals surface area contributed by atoms with Gasteiger partial charge in [-0.05, 0) is 61.6 Å². The molecule has 3 atom stereocenters. The van der Waals surface area contributed by atoms with E-state index < -0.39 is 28.3 Å². The highest BCUT2D eigenvalue weighted by Crippen LogP contribution is 2.22. The fourth-order valence-electron chi connectivity index (χ4n) is 4.51. The van der Waals surface area contributed by atoms with Gasteiger partial charge in [0.25, 0.3) is 0 Å². The van der Waals surface area contributed by atoms with Crippen molar-refractivity contribution in [3.05, 3.63) is 60.2 Å². The fraction of sp³-hybridized carbons (Fsp3) is 0.536. The number of amides is 1. The summed E-state index contributed by atoms with van der Waals surface area (Å²) in [5, 5.41) is 17.4. The van der Waals surface area contributed by atoms with Gasteiger partial charge in [0.15, 0.2) is 0 Å². The van der Waals surface area contributed by atoms with Gasteiger partial charge in [0.1, 0.15) is 5.75 Å². The Hall–Kier alpha value is -2.66. The minimum Gasteiger partial charge on any atom is -0.497 e. The molecule has 10 heteroatoms. The maximum atomic E-state index is 13.5. The van der Waals surface area contributed by atoms with Crippen molar-refractivity contribution in [1.82, 2.24) is 14.9 Å². The van der Waals surface area contributed by atoms with Gasteiger partial charge in [-0.1, -0.05) is 44.2 Å². The third-order valence-corrected chi connectivity index (χ3v) is 8.42. The van der Waals surface area contributed by atoms with Crippen molar-refractivity contribution in [3.8, 4) is 5.75 Å². The topological polar surface area (TPSA) is 117 Å². The van der Waals surface area contributed by atoms with Crippen molar-refractivity contribution < 1.29 is 27.8 Å². The molecule has 0 saturated carbocycles. The highest BCUT2D eigenvalue weighted by Gasteiger charge is 2.31. The molecular formula is C28H41N3O6S. The lowest BCUT2D eigenvalue weighted by molar-refractivity contribution is 0.0820. The Morgan fingerprint density at radius 1 is 1.13 bits per heavy atom. The summed E-state index contributed by atoms with van der Waals surface area (Å²) in [7, 11) is -2.39. The van der Waals surface area contributed by atoms with E-state index in [1.807, 2.05) is 44.2 Å². The third kappa shape index (κ3) is 8.97. The normalized spacial score (nSPS) is 17.7. The number of alkyl carbamates (subject to hydrolysis) is 1. The summed E-state index contributed by atoms with van der Waals surface area (Å²) in [5.74, 6) is 0.821. The first kappa shape index (κ1) is 29.9. The zero-order chi connectivity index (χ0) is 27.5. The van der Waals surface area contributed by atoms with Crippen molar-refractivity contribution in [2.45, 2.75) is 50.2 Å². The molecule has 1 heterocycles. The molecule has 0 aliphatic carbocycles. The lowest BCUT2D eigenvalue weighted by Crippen LogP contribution is -2.51. The van der Waals surface area contributed by atoms with Crippen LogP contribution in [0.1, 0.15) is 32.3 Å². The van der Waals surface area contributed by atoms with Crippen LogP contribution in [0.2, 0.25) is 0 Å². The van der Waals surface area contributed by atoms with Crippen LogP contribution in [0.4, 0.5) is 4.79 Å². The number of ether oxygens (including phenoxy) is 2. The van der Waals surface area contributed by atoms with Gasteiger partial charge in [-0.15, -0.1) is 0 Å². The molecule has 1 aliphatic heterocycles. The molecule has 210 valence electrons. The molecule has 1 aliphatic rings. The Morgan fingerprint density at radius 2 is 1.84 bits per heavy atom. The van der Waals surface area contributed by atoms with Crippen LogP contribution in [0.3, 0.4) is 0 Å². The zero-order valence-corrected chi connectivity index (χ0v) is 23.3. The number of nitrogens with zero attached hydrogens (tertiary/aromatic N) is 1. The Balaban J connectivity index is 1.76. The third-order valence-electron chi connectivity index (χ3n) is 6.57. The minimum atomic E-state index is -3.91. The van der Waals surface area contributed by atoms with Gasteiger partial charge in [0.2, 0.25) is 10.0 Å². The molecule has 0 spiro atoms. The summed E-state index contributed by atoms with van der Waals surface area (Å²) >= 11 is 0. The molecule has 0 unspecified atom stereocenters. The fourth-order valence-corrected chi connectivity index (χ4v) is 6.14. The van der Waals surface area contributed by atoms with Crippen LogP contribution in [-0.4, -0.2) is 76.0 Å². The standard InChI is InChI=1S/C28H41N3O6S/c1-21(2)18-31(38(34,35)25-13-11-24(36-3)12-14-25)19-27(32)26(16-22-8-5-4-6-9-22)30-28(33)37-20-23-10-7-15-29-17-23/h4-6,8-9,11-14,21,23,26-27,29,32H,7,10,15-20H2,1-3H3,(H,30,33)/t23-,26-,27+/m0/s1.